The first-order chi connectivity index (χ1) is 7.16. The van der Waals surface area contributed by atoms with Gasteiger partial charge in [-0.3, -0.25) is 0 Å². The van der Waals surface area contributed by atoms with Crippen molar-refractivity contribution in [3.05, 3.63) is 16.3 Å². The highest BCUT2D eigenvalue weighted by Gasteiger charge is 2.20. The fourth-order valence-corrected chi connectivity index (χ4v) is 2.59. The molecule has 1 saturated carbocycles. The van der Waals surface area contributed by atoms with Crippen LogP contribution in [-0.4, -0.2) is 24.7 Å². The van der Waals surface area contributed by atoms with Crippen LogP contribution in [0, 0.1) is 5.92 Å². The maximum absolute atomic E-state index is 10.7. The van der Waals surface area contributed by atoms with E-state index in [4.69, 9.17) is 5.11 Å². The molecule has 0 atom stereocenters. The minimum Gasteiger partial charge on any atom is -0.477 e. The van der Waals surface area contributed by atoms with Crippen LogP contribution >= 0.6 is 11.3 Å². The van der Waals surface area contributed by atoms with Gasteiger partial charge in [0, 0.05) is 24.7 Å². The lowest BCUT2D eigenvalue weighted by Gasteiger charge is -2.30. The lowest BCUT2D eigenvalue weighted by molar-refractivity contribution is 0.0702. The molecule has 0 saturated heterocycles. The van der Waals surface area contributed by atoms with Crippen LogP contribution in [0.5, 0.6) is 0 Å². The molecule has 0 aromatic carbocycles. The summed E-state index contributed by atoms with van der Waals surface area (Å²) >= 11 is 1.30. The first kappa shape index (κ1) is 10.5. The van der Waals surface area contributed by atoms with Crippen LogP contribution in [0.3, 0.4) is 0 Å². The van der Waals surface area contributed by atoms with Gasteiger partial charge in [-0.2, -0.15) is 0 Å². The molecule has 0 unspecified atom stereocenters. The van der Waals surface area contributed by atoms with Gasteiger partial charge < -0.3 is 10.0 Å². The zero-order chi connectivity index (χ0) is 10.8. The standard InChI is InChI=1S/C11H15NO2S/c1-12(6-8-3-2-4-8)9-5-10(11(13)14)15-7-9/h5,7-8H,2-4,6H2,1H3,(H,13,14). The Labute approximate surface area is 93.3 Å². The van der Waals surface area contributed by atoms with Crippen molar-refractivity contribution in [3.63, 3.8) is 0 Å². The van der Waals surface area contributed by atoms with E-state index in [2.05, 4.69) is 4.90 Å². The summed E-state index contributed by atoms with van der Waals surface area (Å²) < 4.78 is 0. The number of rotatable bonds is 4. The molecule has 1 aliphatic rings. The second-order valence-electron chi connectivity index (χ2n) is 4.15. The lowest BCUT2D eigenvalue weighted by atomic mass is 9.85. The van der Waals surface area contributed by atoms with E-state index in [0.717, 1.165) is 18.2 Å². The van der Waals surface area contributed by atoms with Gasteiger partial charge in [-0.25, -0.2) is 4.79 Å². The molecule has 1 fully saturated rings. The topological polar surface area (TPSA) is 40.5 Å². The Hall–Kier alpha value is -1.03. The number of hydrogen-bond acceptors (Lipinski definition) is 3. The SMILES string of the molecule is CN(CC1CCC1)c1csc(C(=O)O)c1. The molecule has 4 heteroatoms. The van der Waals surface area contributed by atoms with Crippen molar-refractivity contribution in [2.75, 3.05) is 18.5 Å². The second kappa shape index (κ2) is 4.23. The summed E-state index contributed by atoms with van der Waals surface area (Å²) in [5, 5.41) is 10.7. The number of carboxylic acid groups (broad SMARTS) is 1. The summed E-state index contributed by atoms with van der Waals surface area (Å²) in [5.74, 6) is -0.0218. The zero-order valence-corrected chi connectivity index (χ0v) is 9.59. The van der Waals surface area contributed by atoms with Crippen LogP contribution in [0.25, 0.3) is 0 Å². The summed E-state index contributed by atoms with van der Waals surface area (Å²) in [5.41, 5.74) is 1.03. The van der Waals surface area contributed by atoms with E-state index in [1.165, 1.54) is 30.6 Å². The van der Waals surface area contributed by atoms with Crippen LogP contribution in [0.2, 0.25) is 0 Å². The summed E-state index contributed by atoms with van der Waals surface area (Å²) in [6.07, 6.45) is 3.99. The molecule has 1 N–H and O–H groups in total. The normalized spacial score (nSPS) is 16.1. The van der Waals surface area contributed by atoms with Crippen LogP contribution in [0.4, 0.5) is 5.69 Å². The van der Waals surface area contributed by atoms with Gasteiger partial charge in [-0.1, -0.05) is 6.42 Å². The predicted molar refractivity (Wildman–Crippen MR) is 61.9 cm³/mol. The van der Waals surface area contributed by atoms with Crippen molar-refractivity contribution < 1.29 is 9.90 Å². The molecule has 0 aliphatic heterocycles. The van der Waals surface area contributed by atoms with Gasteiger partial charge in [-0.15, -0.1) is 11.3 Å². The maximum atomic E-state index is 10.7. The number of nitrogens with zero attached hydrogens (tertiary/aromatic N) is 1. The Kier molecular flexibility index (Phi) is 2.95. The molecule has 0 spiro atoms. The van der Waals surface area contributed by atoms with Crippen LogP contribution in [0.1, 0.15) is 28.9 Å². The third-order valence-corrected chi connectivity index (χ3v) is 3.90. The number of anilines is 1. The summed E-state index contributed by atoms with van der Waals surface area (Å²) in [6.45, 7) is 1.05. The largest absolute Gasteiger partial charge is 0.477 e. The van der Waals surface area contributed by atoms with Gasteiger partial charge in [0.25, 0.3) is 0 Å². The van der Waals surface area contributed by atoms with Crippen molar-refractivity contribution in [3.8, 4) is 0 Å². The van der Waals surface area contributed by atoms with E-state index in [1.807, 2.05) is 12.4 Å². The summed E-state index contributed by atoms with van der Waals surface area (Å²) in [6, 6.07) is 1.76. The highest BCUT2D eigenvalue weighted by Crippen LogP contribution is 2.29. The third kappa shape index (κ3) is 2.31. The molecule has 1 aliphatic carbocycles. The Balaban J connectivity index is 1.97. The zero-order valence-electron chi connectivity index (χ0n) is 8.77. The molecule has 0 radical (unpaired) electrons. The monoisotopic (exact) mass is 225 g/mol. The molecule has 1 aromatic rings. The van der Waals surface area contributed by atoms with Crippen molar-refractivity contribution in [1.82, 2.24) is 0 Å². The van der Waals surface area contributed by atoms with Gasteiger partial charge in [-0.05, 0) is 24.8 Å². The van der Waals surface area contributed by atoms with E-state index in [9.17, 15) is 4.79 Å². The minimum absolute atomic E-state index is 0.422. The van der Waals surface area contributed by atoms with Crippen molar-refractivity contribution in [2.45, 2.75) is 19.3 Å². The molecule has 82 valence electrons. The fraction of sp³-hybridized carbons (Fsp3) is 0.545. The Bertz CT molecular complexity index is 357. The molecule has 0 amide bonds. The number of aromatic carboxylic acids is 1. The molecule has 0 bridgehead atoms. The van der Waals surface area contributed by atoms with Gasteiger partial charge in [0.05, 0.1) is 0 Å². The number of hydrogen-bond donors (Lipinski definition) is 1. The smallest absolute Gasteiger partial charge is 0.345 e. The van der Waals surface area contributed by atoms with Gasteiger partial charge in [0.2, 0.25) is 0 Å². The number of carbonyl (C=O) groups is 1. The van der Waals surface area contributed by atoms with Gasteiger partial charge in [0.1, 0.15) is 4.88 Å². The quantitative estimate of drug-likeness (QED) is 0.856. The van der Waals surface area contributed by atoms with Crippen LogP contribution < -0.4 is 4.90 Å². The molecule has 1 heterocycles. The number of carboxylic acids is 1. The Morgan fingerprint density at radius 2 is 2.40 bits per heavy atom. The van der Waals surface area contributed by atoms with Crippen molar-refractivity contribution >= 4 is 23.0 Å². The van der Waals surface area contributed by atoms with E-state index < -0.39 is 5.97 Å². The first-order valence-corrected chi connectivity index (χ1v) is 6.08. The van der Waals surface area contributed by atoms with Gasteiger partial charge >= 0.3 is 5.97 Å². The third-order valence-electron chi connectivity index (χ3n) is 2.99. The van der Waals surface area contributed by atoms with Crippen molar-refractivity contribution in [2.24, 2.45) is 5.92 Å². The average molecular weight is 225 g/mol. The van der Waals surface area contributed by atoms with E-state index >= 15 is 0 Å². The number of thiophene rings is 1. The second-order valence-corrected chi connectivity index (χ2v) is 5.06. The van der Waals surface area contributed by atoms with Crippen molar-refractivity contribution in [1.29, 1.82) is 0 Å². The summed E-state index contributed by atoms with van der Waals surface area (Å²) in [4.78, 5) is 13.3. The summed E-state index contributed by atoms with van der Waals surface area (Å²) in [7, 11) is 2.03. The van der Waals surface area contributed by atoms with Gasteiger partial charge in [0.15, 0.2) is 0 Å². The molecule has 15 heavy (non-hydrogen) atoms. The first-order valence-electron chi connectivity index (χ1n) is 5.20. The Morgan fingerprint density at radius 3 is 2.87 bits per heavy atom. The lowest BCUT2D eigenvalue weighted by Crippen LogP contribution is -2.28. The molecular weight excluding hydrogens is 210 g/mol. The minimum atomic E-state index is -0.830. The van der Waals surface area contributed by atoms with E-state index in [1.54, 1.807) is 6.07 Å². The molecule has 3 nitrogen and oxygen atoms in total. The molecule has 2 rings (SSSR count). The molecule has 1 aromatic heterocycles. The predicted octanol–water partition coefficient (Wildman–Crippen LogP) is 2.68. The maximum Gasteiger partial charge on any atom is 0.345 e. The fourth-order valence-electron chi connectivity index (χ4n) is 1.81. The van der Waals surface area contributed by atoms with E-state index in [0.29, 0.717) is 4.88 Å². The van der Waals surface area contributed by atoms with Crippen LogP contribution in [-0.2, 0) is 0 Å². The average Bonchev–Trinajstić information content (AvgIpc) is 2.59. The Morgan fingerprint density at radius 1 is 1.67 bits per heavy atom. The molecular formula is C11H15NO2S. The highest BCUT2D eigenvalue weighted by atomic mass is 32.1. The highest BCUT2D eigenvalue weighted by molar-refractivity contribution is 7.12. The van der Waals surface area contributed by atoms with Crippen LogP contribution in [0.15, 0.2) is 11.4 Å². The van der Waals surface area contributed by atoms with E-state index in [-0.39, 0.29) is 0 Å².